The number of unbranched alkanes of at least 4 members (excludes halogenated alkanes) is 5. The van der Waals surface area contributed by atoms with Crippen molar-refractivity contribution >= 4 is 17.5 Å². The van der Waals surface area contributed by atoms with Crippen LogP contribution in [0.1, 0.15) is 55.8 Å². The van der Waals surface area contributed by atoms with Crippen molar-refractivity contribution < 1.29 is 9.18 Å². The molecule has 1 aromatic carbocycles. The molecule has 0 fully saturated rings. The van der Waals surface area contributed by atoms with E-state index in [1.54, 1.807) is 6.07 Å². The topological polar surface area (TPSA) is 29.1 Å². The van der Waals surface area contributed by atoms with Crippen LogP contribution in [0.4, 0.5) is 4.39 Å². The summed E-state index contributed by atoms with van der Waals surface area (Å²) in [5.41, 5.74) is 0.0125. The predicted molar refractivity (Wildman–Crippen MR) is 77.1 cm³/mol. The van der Waals surface area contributed by atoms with Gasteiger partial charge in [0.2, 0.25) is 0 Å². The first-order valence-electron chi connectivity index (χ1n) is 6.89. The van der Waals surface area contributed by atoms with Crippen LogP contribution >= 0.6 is 11.6 Å². The Morgan fingerprint density at radius 2 is 1.89 bits per heavy atom. The van der Waals surface area contributed by atoms with Gasteiger partial charge in [0.15, 0.2) is 5.82 Å². The fraction of sp³-hybridized carbons (Fsp3) is 0.533. The van der Waals surface area contributed by atoms with E-state index >= 15 is 0 Å². The molecule has 0 heterocycles. The summed E-state index contributed by atoms with van der Waals surface area (Å²) in [4.78, 5) is 11.7. The first-order valence-corrected chi connectivity index (χ1v) is 7.26. The van der Waals surface area contributed by atoms with Crippen LogP contribution in [0.15, 0.2) is 18.2 Å². The zero-order valence-corrected chi connectivity index (χ0v) is 12.1. The van der Waals surface area contributed by atoms with Crippen molar-refractivity contribution in [2.45, 2.75) is 45.4 Å². The van der Waals surface area contributed by atoms with Gasteiger partial charge in [-0.15, -0.1) is 0 Å². The number of hydrogen-bond acceptors (Lipinski definition) is 1. The summed E-state index contributed by atoms with van der Waals surface area (Å²) < 4.78 is 13.6. The summed E-state index contributed by atoms with van der Waals surface area (Å²) in [6.45, 7) is 2.76. The lowest BCUT2D eigenvalue weighted by atomic mass is 10.1. The number of halogens is 2. The van der Waals surface area contributed by atoms with E-state index in [0.717, 1.165) is 12.8 Å². The molecule has 1 N–H and O–H groups in total. The number of carbonyl (C=O) groups excluding carboxylic acids is 1. The molecule has 0 bridgehead atoms. The van der Waals surface area contributed by atoms with Crippen LogP contribution in [0.25, 0.3) is 0 Å². The van der Waals surface area contributed by atoms with Crippen molar-refractivity contribution in [3.63, 3.8) is 0 Å². The number of nitrogens with one attached hydrogen (secondary N) is 1. The average molecular weight is 286 g/mol. The standard InChI is InChI=1S/C15H21ClFNO/c1-2-3-4-5-6-7-11-18-15(19)12-9-8-10-13(16)14(12)17/h8-10H,2-7,11H2,1H3,(H,18,19). The third-order valence-electron chi connectivity index (χ3n) is 3.01. The number of rotatable bonds is 8. The third-order valence-corrected chi connectivity index (χ3v) is 3.30. The highest BCUT2D eigenvalue weighted by Gasteiger charge is 2.13. The molecule has 0 aliphatic heterocycles. The van der Waals surface area contributed by atoms with Gasteiger partial charge in [0, 0.05) is 6.54 Å². The summed E-state index contributed by atoms with van der Waals surface area (Å²) >= 11 is 5.64. The second kappa shape index (κ2) is 8.92. The lowest BCUT2D eigenvalue weighted by Gasteiger charge is -2.06. The predicted octanol–water partition coefficient (Wildman–Crippen LogP) is 4.57. The number of amides is 1. The van der Waals surface area contributed by atoms with E-state index in [1.165, 1.54) is 37.8 Å². The first-order chi connectivity index (χ1) is 9.16. The minimum Gasteiger partial charge on any atom is -0.352 e. The first kappa shape index (κ1) is 16.0. The van der Waals surface area contributed by atoms with Crippen molar-refractivity contribution in [2.24, 2.45) is 0 Å². The largest absolute Gasteiger partial charge is 0.352 e. The van der Waals surface area contributed by atoms with Gasteiger partial charge in [-0.3, -0.25) is 4.79 Å². The lowest BCUT2D eigenvalue weighted by molar-refractivity contribution is 0.0949. The Morgan fingerprint density at radius 3 is 2.63 bits per heavy atom. The summed E-state index contributed by atoms with van der Waals surface area (Å²) in [6.07, 6.45) is 6.95. The van der Waals surface area contributed by atoms with Crippen molar-refractivity contribution in [1.29, 1.82) is 0 Å². The Morgan fingerprint density at radius 1 is 1.21 bits per heavy atom. The molecule has 1 aromatic rings. The highest BCUT2D eigenvalue weighted by molar-refractivity contribution is 6.31. The van der Waals surface area contributed by atoms with Gasteiger partial charge < -0.3 is 5.32 Å². The smallest absolute Gasteiger partial charge is 0.254 e. The van der Waals surface area contributed by atoms with Gasteiger partial charge in [-0.05, 0) is 18.6 Å². The number of carbonyl (C=O) groups is 1. The summed E-state index contributed by atoms with van der Waals surface area (Å²) in [7, 11) is 0. The van der Waals surface area contributed by atoms with Crippen LogP contribution in [-0.2, 0) is 0 Å². The maximum Gasteiger partial charge on any atom is 0.254 e. The molecule has 0 aliphatic carbocycles. The molecule has 1 rings (SSSR count). The van der Waals surface area contributed by atoms with Crippen LogP contribution in [0.3, 0.4) is 0 Å². The molecule has 0 saturated carbocycles. The zero-order valence-electron chi connectivity index (χ0n) is 11.3. The number of benzene rings is 1. The Bertz CT molecular complexity index is 409. The molecule has 1 amide bonds. The quantitative estimate of drug-likeness (QED) is 0.697. The van der Waals surface area contributed by atoms with E-state index in [9.17, 15) is 9.18 Å². The molecule has 0 radical (unpaired) electrons. The zero-order chi connectivity index (χ0) is 14.1. The van der Waals surface area contributed by atoms with Gasteiger partial charge in [-0.1, -0.05) is 56.7 Å². The summed E-state index contributed by atoms with van der Waals surface area (Å²) in [6, 6.07) is 4.45. The van der Waals surface area contributed by atoms with Gasteiger partial charge in [0.05, 0.1) is 10.6 Å². The van der Waals surface area contributed by atoms with E-state index in [-0.39, 0.29) is 10.6 Å². The van der Waals surface area contributed by atoms with E-state index in [2.05, 4.69) is 12.2 Å². The maximum absolute atomic E-state index is 13.6. The molecule has 0 saturated heterocycles. The molecular weight excluding hydrogens is 265 g/mol. The fourth-order valence-corrected chi connectivity index (χ4v) is 2.06. The molecule has 0 aromatic heterocycles. The van der Waals surface area contributed by atoms with Gasteiger partial charge in [-0.2, -0.15) is 0 Å². The molecule has 19 heavy (non-hydrogen) atoms. The normalized spacial score (nSPS) is 10.5. The minimum atomic E-state index is -0.649. The molecule has 2 nitrogen and oxygen atoms in total. The van der Waals surface area contributed by atoms with E-state index in [4.69, 9.17) is 11.6 Å². The Kier molecular flexibility index (Phi) is 7.49. The highest BCUT2D eigenvalue weighted by Crippen LogP contribution is 2.17. The molecule has 4 heteroatoms. The van der Waals surface area contributed by atoms with E-state index in [1.807, 2.05) is 0 Å². The van der Waals surface area contributed by atoms with Crippen molar-refractivity contribution in [3.8, 4) is 0 Å². The van der Waals surface area contributed by atoms with Crippen LogP contribution in [0, 0.1) is 5.82 Å². The lowest BCUT2D eigenvalue weighted by Crippen LogP contribution is -2.25. The van der Waals surface area contributed by atoms with Crippen LogP contribution in [-0.4, -0.2) is 12.5 Å². The molecule has 0 unspecified atom stereocenters. The summed E-state index contributed by atoms with van der Waals surface area (Å²) in [5, 5.41) is 2.70. The van der Waals surface area contributed by atoms with Crippen LogP contribution < -0.4 is 5.32 Å². The number of hydrogen-bond donors (Lipinski definition) is 1. The Labute approximate surface area is 119 Å². The van der Waals surface area contributed by atoms with Crippen LogP contribution in [0.2, 0.25) is 5.02 Å². The average Bonchev–Trinajstić information content (AvgIpc) is 2.40. The molecule has 0 spiro atoms. The Hall–Kier alpha value is -1.09. The molecule has 0 aliphatic rings. The SMILES string of the molecule is CCCCCCCCNC(=O)c1cccc(Cl)c1F. The van der Waals surface area contributed by atoms with Gasteiger partial charge in [-0.25, -0.2) is 4.39 Å². The molecular formula is C15H21ClFNO. The van der Waals surface area contributed by atoms with Gasteiger partial charge in [0.25, 0.3) is 5.91 Å². The maximum atomic E-state index is 13.6. The van der Waals surface area contributed by atoms with Gasteiger partial charge >= 0.3 is 0 Å². The fourth-order valence-electron chi connectivity index (χ4n) is 1.88. The van der Waals surface area contributed by atoms with Crippen molar-refractivity contribution in [3.05, 3.63) is 34.6 Å². The second-order valence-corrected chi connectivity index (χ2v) is 5.03. The van der Waals surface area contributed by atoms with E-state index < -0.39 is 11.7 Å². The molecule has 106 valence electrons. The third kappa shape index (κ3) is 5.60. The molecule has 0 atom stereocenters. The van der Waals surface area contributed by atoms with E-state index in [0.29, 0.717) is 6.54 Å². The monoisotopic (exact) mass is 285 g/mol. The summed E-state index contributed by atoms with van der Waals surface area (Å²) in [5.74, 6) is -1.04. The van der Waals surface area contributed by atoms with Crippen molar-refractivity contribution in [1.82, 2.24) is 5.32 Å². The van der Waals surface area contributed by atoms with Gasteiger partial charge in [0.1, 0.15) is 0 Å². The second-order valence-electron chi connectivity index (χ2n) is 4.63. The van der Waals surface area contributed by atoms with Crippen LogP contribution in [0.5, 0.6) is 0 Å². The van der Waals surface area contributed by atoms with Crippen molar-refractivity contribution in [2.75, 3.05) is 6.54 Å². The Balaban J connectivity index is 2.26. The highest BCUT2D eigenvalue weighted by atomic mass is 35.5. The minimum absolute atomic E-state index is 0.0125.